The van der Waals surface area contributed by atoms with E-state index in [1.54, 1.807) is 11.0 Å². The van der Waals surface area contributed by atoms with Gasteiger partial charge in [0.2, 0.25) is 5.91 Å². The van der Waals surface area contributed by atoms with Crippen molar-refractivity contribution >= 4 is 11.8 Å². The fourth-order valence-corrected chi connectivity index (χ4v) is 1.98. The van der Waals surface area contributed by atoms with Gasteiger partial charge in [0.15, 0.2) is 0 Å². The lowest BCUT2D eigenvalue weighted by atomic mass is 10.2. The highest BCUT2D eigenvalue weighted by molar-refractivity contribution is 5.94. The molecule has 22 heavy (non-hydrogen) atoms. The third-order valence-electron chi connectivity index (χ3n) is 3.33. The summed E-state index contributed by atoms with van der Waals surface area (Å²) in [6.07, 6.45) is 5.17. The summed E-state index contributed by atoms with van der Waals surface area (Å²) in [6.45, 7) is 4.59. The standard InChI is InChI=1S/C16H27N3O3/c1-4-5-9-19(16(21)14-7-12-22-13-14)10-6-15(20)17-8-11-18(2)3/h7,12-13H,4-6,8-11H2,1-3H3,(H,17,20). The maximum atomic E-state index is 12.4. The van der Waals surface area contributed by atoms with Gasteiger partial charge in [-0.25, -0.2) is 0 Å². The molecule has 0 radical (unpaired) electrons. The number of nitrogens with one attached hydrogen (secondary N) is 1. The molecule has 1 aromatic rings. The van der Waals surface area contributed by atoms with Gasteiger partial charge in [0.1, 0.15) is 6.26 Å². The molecule has 0 saturated heterocycles. The highest BCUT2D eigenvalue weighted by Crippen LogP contribution is 2.08. The summed E-state index contributed by atoms with van der Waals surface area (Å²) >= 11 is 0. The predicted molar refractivity (Wildman–Crippen MR) is 85.7 cm³/mol. The lowest BCUT2D eigenvalue weighted by molar-refractivity contribution is -0.121. The van der Waals surface area contributed by atoms with Crippen LogP contribution in [0.5, 0.6) is 0 Å². The Morgan fingerprint density at radius 3 is 2.59 bits per heavy atom. The van der Waals surface area contributed by atoms with Crippen LogP contribution in [0.3, 0.4) is 0 Å². The smallest absolute Gasteiger partial charge is 0.257 e. The lowest BCUT2D eigenvalue weighted by Crippen LogP contribution is -2.37. The van der Waals surface area contributed by atoms with Gasteiger partial charge in [-0.2, -0.15) is 0 Å². The van der Waals surface area contributed by atoms with Gasteiger partial charge in [-0.1, -0.05) is 13.3 Å². The van der Waals surface area contributed by atoms with E-state index in [0.29, 0.717) is 31.6 Å². The Kier molecular flexibility index (Phi) is 8.28. The van der Waals surface area contributed by atoms with E-state index in [0.717, 1.165) is 19.4 Å². The van der Waals surface area contributed by atoms with E-state index in [-0.39, 0.29) is 11.8 Å². The fourth-order valence-electron chi connectivity index (χ4n) is 1.98. The van der Waals surface area contributed by atoms with Crippen molar-refractivity contribution < 1.29 is 14.0 Å². The van der Waals surface area contributed by atoms with Crippen LogP contribution < -0.4 is 5.32 Å². The minimum atomic E-state index is -0.0803. The molecule has 0 fully saturated rings. The van der Waals surface area contributed by atoms with Crippen molar-refractivity contribution in [3.63, 3.8) is 0 Å². The number of likely N-dealkylation sites (N-methyl/N-ethyl adjacent to an activating group) is 1. The Bertz CT molecular complexity index is 443. The molecule has 124 valence electrons. The van der Waals surface area contributed by atoms with Gasteiger partial charge in [-0.05, 0) is 26.6 Å². The second kappa shape index (κ2) is 10.00. The van der Waals surface area contributed by atoms with Crippen LogP contribution >= 0.6 is 0 Å². The first-order chi connectivity index (χ1) is 10.5. The van der Waals surface area contributed by atoms with E-state index < -0.39 is 0 Å². The molecule has 1 aromatic heterocycles. The number of furan rings is 1. The van der Waals surface area contributed by atoms with Crippen molar-refractivity contribution in [2.24, 2.45) is 0 Å². The lowest BCUT2D eigenvalue weighted by Gasteiger charge is -2.21. The summed E-state index contributed by atoms with van der Waals surface area (Å²) in [5.74, 6) is -0.105. The van der Waals surface area contributed by atoms with Gasteiger partial charge in [0.25, 0.3) is 5.91 Å². The largest absolute Gasteiger partial charge is 0.472 e. The summed E-state index contributed by atoms with van der Waals surface area (Å²) in [5.41, 5.74) is 0.532. The highest BCUT2D eigenvalue weighted by atomic mass is 16.3. The molecule has 2 amide bonds. The molecule has 0 aliphatic heterocycles. The molecule has 1 rings (SSSR count). The molecule has 1 N–H and O–H groups in total. The first-order valence-corrected chi connectivity index (χ1v) is 7.77. The average molecular weight is 309 g/mol. The third-order valence-corrected chi connectivity index (χ3v) is 3.33. The van der Waals surface area contributed by atoms with Gasteiger partial charge >= 0.3 is 0 Å². The van der Waals surface area contributed by atoms with Crippen LogP contribution in [0.1, 0.15) is 36.5 Å². The minimum absolute atomic E-state index is 0.0247. The van der Waals surface area contributed by atoms with Crippen LogP contribution in [0.2, 0.25) is 0 Å². The molecule has 0 aliphatic carbocycles. The number of carbonyl (C=O) groups excluding carboxylic acids is 2. The van der Waals surface area contributed by atoms with Crippen molar-refractivity contribution in [3.05, 3.63) is 24.2 Å². The Balaban J connectivity index is 2.44. The molecular weight excluding hydrogens is 282 g/mol. The van der Waals surface area contributed by atoms with Gasteiger partial charge < -0.3 is 19.5 Å². The fraction of sp³-hybridized carbons (Fsp3) is 0.625. The topological polar surface area (TPSA) is 65.8 Å². The SMILES string of the molecule is CCCCN(CCC(=O)NCCN(C)C)C(=O)c1ccoc1. The predicted octanol–water partition coefficient (Wildman–Crippen LogP) is 1.59. The molecule has 6 heteroatoms. The number of unbranched alkanes of at least 4 members (excludes halogenated alkanes) is 1. The van der Waals surface area contributed by atoms with Crippen LogP contribution in [-0.2, 0) is 4.79 Å². The van der Waals surface area contributed by atoms with Gasteiger partial charge in [0, 0.05) is 32.6 Å². The van der Waals surface area contributed by atoms with E-state index in [4.69, 9.17) is 4.42 Å². The zero-order valence-corrected chi connectivity index (χ0v) is 13.8. The van der Waals surface area contributed by atoms with Crippen LogP contribution in [0, 0.1) is 0 Å². The van der Waals surface area contributed by atoms with E-state index in [1.807, 2.05) is 19.0 Å². The number of hydrogen-bond donors (Lipinski definition) is 1. The molecule has 1 heterocycles. The average Bonchev–Trinajstić information content (AvgIpc) is 3.00. The Labute approximate surface area is 132 Å². The molecule has 0 spiro atoms. The summed E-state index contributed by atoms with van der Waals surface area (Å²) < 4.78 is 4.96. The maximum absolute atomic E-state index is 12.4. The van der Waals surface area contributed by atoms with Gasteiger partial charge in [-0.15, -0.1) is 0 Å². The minimum Gasteiger partial charge on any atom is -0.472 e. The van der Waals surface area contributed by atoms with Gasteiger partial charge in [0.05, 0.1) is 11.8 Å². The van der Waals surface area contributed by atoms with Gasteiger partial charge in [-0.3, -0.25) is 9.59 Å². The van der Waals surface area contributed by atoms with Crippen LogP contribution in [0.15, 0.2) is 23.0 Å². The number of hydrogen-bond acceptors (Lipinski definition) is 4. The summed E-state index contributed by atoms with van der Waals surface area (Å²) in [6, 6.07) is 1.65. The molecule has 0 aliphatic rings. The monoisotopic (exact) mass is 309 g/mol. The Hall–Kier alpha value is -1.82. The molecule has 6 nitrogen and oxygen atoms in total. The van der Waals surface area contributed by atoms with Crippen molar-refractivity contribution in [1.29, 1.82) is 0 Å². The molecule has 0 aromatic carbocycles. The van der Waals surface area contributed by atoms with Crippen molar-refractivity contribution in [1.82, 2.24) is 15.1 Å². The maximum Gasteiger partial charge on any atom is 0.257 e. The second-order valence-electron chi connectivity index (χ2n) is 5.56. The zero-order chi connectivity index (χ0) is 16.4. The molecule has 0 unspecified atom stereocenters. The Morgan fingerprint density at radius 2 is 2.00 bits per heavy atom. The third kappa shape index (κ3) is 6.76. The quantitative estimate of drug-likeness (QED) is 0.713. The number of rotatable bonds is 10. The Morgan fingerprint density at radius 1 is 1.23 bits per heavy atom. The zero-order valence-electron chi connectivity index (χ0n) is 13.8. The first kappa shape index (κ1) is 18.2. The summed E-state index contributed by atoms with van der Waals surface area (Å²) in [4.78, 5) is 27.9. The number of amides is 2. The van der Waals surface area contributed by atoms with Crippen LogP contribution in [0.4, 0.5) is 0 Å². The molecular formula is C16H27N3O3. The first-order valence-electron chi connectivity index (χ1n) is 7.77. The van der Waals surface area contributed by atoms with E-state index in [2.05, 4.69) is 12.2 Å². The number of carbonyl (C=O) groups is 2. The second-order valence-corrected chi connectivity index (χ2v) is 5.56. The van der Waals surface area contributed by atoms with E-state index in [1.165, 1.54) is 12.5 Å². The van der Waals surface area contributed by atoms with Crippen molar-refractivity contribution in [2.75, 3.05) is 40.3 Å². The normalized spacial score (nSPS) is 10.7. The highest BCUT2D eigenvalue weighted by Gasteiger charge is 2.17. The summed E-state index contributed by atoms with van der Waals surface area (Å²) in [5, 5.41) is 2.86. The van der Waals surface area contributed by atoms with Crippen LogP contribution in [0.25, 0.3) is 0 Å². The van der Waals surface area contributed by atoms with Crippen molar-refractivity contribution in [3.8, 4) is 0 Å². The number of nitrogens with zero attached hydrogens (tertiary/aromatic N) is 2. The van der Waals surface area contributed by atoms with E-state index in [9.17, 15) is 9.59 Å². The van der Waals surface area contributed by atoms with E-state index >= 15 is 0 Å². The van der Waals surface area contributed by atoms with Crippen LogP contribution in [-0.4, -0.2) is 61.9 Å². The molecule has 0 saturated carbocycles. The molecule has 0 bridgehead atoms. The molecule has 0 atom stereocenters. The van der Waals surface area contributed by atoms with Crippen molar-refractivity contribution in [2.45, 2.75) is 26.2 Å². The summed E-state index contributed by atoms with van der Waals surface area (Å²) in [7, 11) is 3.92.